The van der Waals surface area contributed by atoms with E-state index in [4.69, 9.17) is 0 Å². The number of hydrogen-bond acceptors (Lipinski definition) is 2. The van der Waals surface area contributed by atoms with Gasteiger partial charge in [-0.1, -0.05) is 40.0 Å². The second-order valence-electron chi connectivity index (χ2n) is 6.92. The minimum Gasteiger partial charge on any atom is -0.319 e. The van der Waals surface area contributed by atoms with Gasteiger partial charge in [0.1, 0.15) is 0 Å². The van der Waals surface area contributed by atoms with Crippen LogP contribution < -0.4 is 5.32 Å². The highest BCUT2D eigenvalue weighted by atomic mass is 15.1. The monoisotopic (exact) mass is 254 g/mol. The molecule has 1 saturated carbocycles. The van der Waals surface area contributed by atoms with Crippen molar-refractivity contribution in [1.82, 2.24) is 10.2 Å². The number of hydrogen-bond donors (Lipinski definition) is 1. The van der Waals surface area contributed by atoms with Crippen molar-refractivity contribution in [1.29, 1.82) is 0 Å². The van der Waals surface area contributed by atoms with E-state index in [1.807, 2.05) is 0 Å². The molecule has 1 atom stereocenters. The van der Waals surface area contributed by atoms with E-state index in [0.29, 0.717) is 5.41 Å². The third-order valence-corrected chi connectivity index (χ3v) is 4.81. The van der Waals surface area contributed by atoms with Crippen LogP contribution in [0.3, 0.4) is 0 Å². The van der Waals surface area contributed by atoms with Crippen LogP contribution in [0.15, 0.2) is 0 Å². The van der Waals surface area contributed by atoms with Crippen molar-refractivity contribution in [3.63, 3.8) is 0 Å². The van der Waals surface area contributed by atoms with Crippen molar-refractivity contribution in [3.05, 3.63) is 0 Å². The Morgan fingerprint density at radius 3 is 2.44 bits per heavy atom. The second-order valence-corrected chi connectivity index (χ2v) is 6.92. The van der Waals surface area contributed by atoms with Crippen LogP contribution in [0.5, 0.6) is 0 Å². The molecule has 0 aliphatic heterocycles. The lowest BCUT2D eigenvalue weighted by Crippen LogP contribution is -2.45. The lowest BCUT2D eigenvalue weighted by molar-refractivity contribution is 0.0942. The number of nitrogens with zero attached hydrogens (tertiary/aromatic N) is 1. The molecular weight excluding hydrogens is 220 g/mol. The van der Waals surface area contributed by atoms with Gasteiger partial charge in [0.15, 0.2) is 0 Å². The summed E-state index contributed by atoms with van der Waals surface area (Å²) in [7, 11) is 4.41. The van der Waals surface area contributed by atoms with Gasteiger partial charge in [0.2, 0.25) is 0 Å². The van der Waals surface area contributed by atoms with E-state index in [1.165, 1.54) is 51.7 Å². The average Bonchev–Trinajstić information content (AvgIpc) is 2.33. The Hall–Kier alpha value is -0.0800. The Balaban J connectivity index is 2.51. The summed E-state index contributed by atoms with van der Waals surface area (Å²) in [5, 5.41) is 3.44. The van der Waals surface area contributed by atoms with E-state index in [2.05, 4.69) is 45.1 Å². The summed E-state index contributed by atoms with van der Waals surface area (Å²) < 4.78 is 0. The third kappa shape index (κ3) is 4.89. The standard InChI is InChI=1S/C16H34N2/c1-6-14(2)11-18(5)13-16(12-17-4)9-7-15(3)8-10-16/h14-15,17H,6-13H2,1-5H3. The summed E-state index contributed by atoms with van der Waals surface area (Å²) >= 11 is 0. The molecule has 0 heterocycles. The molecule has 0 saturated heterocycles. The molecule has 2 heteroatoms. The van der Waals surface area contributed by atoms with Crippen molar-refractivity contribution < 1.29 is 0 Å². The maximum atomic E-state index is 3.44. The van der Waals surface area contributed by atoms with E-state index >= 15 is 0 Å². The normalized spacial score (nSPS) is 30.7. The van der Waals surface area contributed by atoms with Crippen LogP contribution in [0.25, 0.3) is 0 Å². The predicted octanol–water partition coefficient (Wildman–Crippen LogP) is 3.38. The molecule has 0 spiro atoms. The first-order chi connectivity index (χ1) is 8.51. The Labute approximate surface area is 115 Å². The van der Waals surface area contributed by atoms with Gasteiger partial charge < -0.3 is 10.2 Å². The molecule has 1 aliphatic carbocycles. The number of rotatable bonds is 7. The van der Waals surface area contributed by atoms with Crippen molar-refractivity contribution in [2.24, 2.45) is 17.3 Å². The smallest absolute Gasteiger partial charge is 0.00472 e. The van der Waals surface area contributed by atoms with E-state index in [-0.39, 0.29) is 0 Å². The largest absolute Gasteiger partial charge is 0.319 e. The van der Waals surface area contributed by atoms with Gasteiger partial charge in [0.25, 0.3) is 0 Å². The highest BCUT2D eigenvalue weighted by Gasteiger charge is 2.34. The van der Waals surface area contributed by atoms with Gasteiger partial charge in [-0.25, -0.2) is 0 Å². The molecule has 0 amide bonds. The van der Waals surface area contributed by atoms with Gasteiger partial charge in [0.05, 0.1) is 0 Å². The second kappa shape index (κ2) is 7.49. The summed E-state index contributed by atoms with van der Waals surface area (Å²) in [6.45, 7) is 10.8. The van der Waals surface area contributed by atoms with Gasteiger partial charge in [0, 0.05) is 19.6 Å². The average molecular weight is 254 g/mol. The zero-order valence-electron chi connectivity index (χ0n) is 13.3. The van der Waals surface area contributed by atoms with Crippen molar-refractivity contribution in [3.8, 4) is 0 Å². The van der Waals surface area contributed by atoms with E-state index in [0.717, 1.165) is 11.8 Å². The molecule has 0 aromatic carbocycles. The van der Waals surface area contributed by atoms with E-state index < -0.39 is 0 Å². The van der Waals surface area contributed by atoms with Gasteiger partial charge in [-0.3, -0.25) is 0 Å². The molecule has 18 heavy (non-hydrogen) atoms. The molecule has 0 aromatic rings. The van der Waals surface area contributed by atoms with Gasteiger partial charge in [-0.05, 0) is 44.2 Å². The quantitative estimate of drug-likeness (QED) is 0.749. The minimum atomic E-state index is 0.531. The minimum absolute atomic E-state index is 0.531. The lowest BCUT2D eigenvalue weighted by Gasteiger charge is -2.42. The number of nitrogens with one attached hydrogen (secondary N) is 1. The fourth-order valence-corrected chi connectivity index (χ4v) is 3.44. The molecule has 2 nitrogen and oxygen atoms in total. The van der Waals surface area contributed by atoms with Crippen LogP contribution >= 0.6 is 0 Å². The summed E-state index contributed by atoms with van der Waals surface area (Å²) in [6, 6.07) is 0. The van der Waals surface area contributed by atoms with Crippen molar-refractivity contribution >= 4 is 0 Å². The summed E-state index contributed by atoms with van der Waals surface area (Å²) in [6.07, 6.45) is 6.93. The fourth-order valence-electron chi connectivity index (χ4n) is 3.44. The van der Waals surface area contributed by atoms with Gasteiger partial charge >= 0.3 is 0 Å². The predicted molar refractivity (Wildman–Crippen MR) is 80.9 cm³/mol. The Morgan fingerprint density at radius 1 is 1.33 bits per heavy atom. The molecule has 1 rings (SSSR count). The third-order valence-electron chi connectivity index (χ3n) is 4.81. The maximum Gasteiger partial charge on any atom is 0.00472 e. The molecule has 1 unspecified atom stereocenters. The molecule has 1 fully saturated rings. The topological polar surface area (TPSA) is 15.3 Å². The van der Waals surface area contributed by atoms with Crippen LogP contribution in [0, 0.1) is 17.3 Å². The van der Waals surface area contributed by atoms with E-state index in [1.54, 1.807) is 0 Å². The Bertz CT molecular complexity index is 219. The fraction of sp³-hybridized carbons (Fsp3) is 1.00. The van der Waals surface area contributed by atoms with E-state index in [9.17, 15) is 0 Å². The Morgan fingerprint density at radius 2 is 1.94 bits per heavy atom. The van der Waals surface area contributed by atoms with Crippen molar-refractivity contribution in [2.45, 2.75) is 52.9 Å². The van der Waals surface area contributed by atoms with Crippen LogP contribution in [0.1, 0.15) is 52.9 Å². The van der Waals surface area contributed by atoms with Crippen molar-refractivity contribution in [2.75, 3.05) is 33.7 Å². The zero-order valence-corrected chi connectivity index (χ0v) is 13.3. The highest BCUT2D eigenvalue weighted by Crippen LogP contribution is 2.39. The summed E-state index contributed by atoms with van der Waals surface area (Å²) in [5.74, 6) is 1.76. The summed E-state index contributed by atoms with van der Waals surface area (Å²) in [4.78, 5) is 2.57. The summed E-state index contributed by atoms with van der Waals surface area (Å²) in [5.41, 5.74) is 0.531. The molecular formula is C16H34N2. The maximum absolute atomic E-state index is 3.44. The van der Waals surface area contributed by atoms with Crippen LogP contribution in [-0.4, -0.2) is 38.6 Å². The van der Waals surface area contributed by atoms with Crippen LogP contribution in [0.2, 0.25) is 0 Å². The molecule has 1 N–H and O–H groups in total. The van der Waals surface area contributed by atoms with Crippen LogP contribution in [-0.2, 0) is 0 Å². The lowest BCUT2D eigenvalue weighted by atomic mass is 9.70. The van der Waals surface area contributed by atoms with Crippen LogP contribution in [0.4, 0.5) is 0 Å². The van der Waals surface area contributed by atoms with Gasteiger partial charge in [-0.15, -0.1) is 0 Å². The zero-order chi connectivity index (χ0) is 13.6. The molecule has 0 aromatic heterocycles. The first-order valence-corrected chi connectivity index (χ1v) is 7.84. The molecule has 1 aliphatic rings. The highest BCUT2D eigenvalue weighted by molar-refractivity contribution is 4.88. The molecule has 108 valence electrons. The molecule has 0 bridgehead atoms. The van der Waals surface area contributed by atoms with Gasteiger partial charge in [-0.2, -0.15) is 0 Å². The Kier molecular flexibility index (Phi) is 6.65. The molecule has 0 radical (unpaired) electrons. The first-order valence-electron chi connectivity index (χ1n) is 7.84. The first kappa shape index (κ1) is 16.0. The SMILES string of the molecule is CCC(C)CN(C)CC1(CNC)CCC(C)CC1.